The molecule has 1 rings (SSSR count). The van der Waals surface area contributed by atoms with E-state index < -0.39 is 5.60 Å². The molecular weight excluding hydrogens is 240 g/mol. The highest BCUT2D eigenvalue weighted by Gasteiger charge is 2.29. The van der Waals surface area contributed by atoms with Gasteiger partial charge < -0.3 is 15.0 Å². The first-order valence-corrected chi connectivity index (χ1v) is 7.46. The largest absolute Gasteiger partial charge is 0.444 e. The van der Waals surface area contributed by atoms with Crippen LogP contribution in [-0.2, 0) is 4.74 Å². The van der Waals surface area contributed by atoms with Gasteiger partial charge in [0.25, 0.3) is 0 Å². The Bertz CT molecular complexity index is 284. The minimum Gasteiger partial charge on any atom is -0.444 e. The van der Waals surface area contributed by atoms with Crippen LogP contribution in [0.1, 0.15) is 47.5 Å². The third kappa shape index (κ3) is 6.81. The highest BCUT2D eigenvalue weighted by atomic mass is 16.6. The van der Waals surface area contributed by atoms with Crippen molar-refractivity contribution in [1.29, 1.82) is 0 Å². The van der Waals surface area contributed by atoms with Crippen molar-refractivity contribution in [1.82, 2.24) is 10.2 Å². The second-order valence-electron chi connectivity index (χ2n) is 6.97. The van der Waals surface area contributed by atoms with Crippen LogP contribution in [0.15, 0.2) is 0 Å². The zero-order valence-electron chi connectivity index (χ0n) is 13.2. The molecule has 0 aliphatic carbocycles. The van der Waals surface area contributed by atoms with E-state index in [1.54, 1.807) is 0 Å². The summed E-state index contributed by atoms with van der Waals surface area (Å²) in [5.41, 5.74) is -0.395. The summed E-state index contributed by atoms with van der Waals surface area (Å²) in [5.74, 6) is 1.31. The molecule has 1 N–H and O–H groups in total. The molecule has 112 valence electrons. The normalized spacial score (nSPS) is 20.1. The number of hydrogen-bond acceptors (Lipinski definition) is 3. The molecule has 1 aliphatic rings. The maximum Gasteiger partial charge on any atom is 0.410 e. The van der Waals surface area contributed by atoms with Crippen LogP contribution in [0.2, 0.25) is 0 Å². The Morgan fingerprint density at radius 1 is 1.42 bits per heavy atom. The molecule has 0 bridgehead atoms. The van der Waals surface area contributed by atoms with Gasteiger partial charge in [-0.15, -0.1) is 0 Å². The second kappa shape index (κ2) is 7.13. The van der Waals surface area contributed by atoms with Crippen molar-refractivity contribution in [2.45, 2.75) is 53.1 Å². The van der Waals surface area contributed by atoms with E-state index >= 15 is 0 Å². The standard InChI is InChI=1S/C15H30N2O2/c1-12(2)10-16-8-6-13-7-9-17(11-13)14(18)19-15(3,4)5/h12-13,16H,6-11H2,1-5H3. The number of hydrogen-bond donors (Lipinski definition) is 1. The van der Waals surface area contributed by atoms with E-state index in [1.807, 2.05) is 25.7 Å². The Kier molecular flexibility index (Phi) is 6.11. The highest BCUT2D eigenvalue weighted by Crippen LogP contribution is 2.21. The van der Waals surface area contributed by atoms with Crippen LogP contribution in [0.5, 0.6) is 0 Å². The molecule has 1 aliphatic heterocycles. The molecule has 1 saturated heterocycles. The van der Waals surface area contributed by atoms with E-state index in [4.69, 9.17) is 4.74 Å². The van der Waals surface area contributed by atoms with Gasteiger partial charge in [0.2, 0.25) is 0 Å². The molecule has 0 saturated carbocycles. The Morgan fingerprint density at radius 3 is 2.68 bits per heavy atom. The van der Waals surface area contributed by atoms with Gasteiger partial charge in [-0.05, 0) is 58.5 Å². The van der Waals surface area contributed by atoms with Crippen LogP contribution < -0.4 is 5.32 Å². The SMILES string of the molecule is CC(C)CNCCC1CCN(C(=O)OC(C)(C)C)C1. The molecule has 0 aromatic rings. The van der Waals surface area contributed by atoms with Gasteiger partial charge in [-0.2, -0.15) is 0 Å². The van der Waals surface area contributed by atoms with Crippen LogP contribution in [0.25, 0.3) is 0 Å². The molecule has 4 heteroatoms. The monoisotopic (exact) mass is 270 g/mol. The average Bonchev–Trinajstić information content (AvgIpc) is 2.70. The van der Waals surface area contributed by atoms with Crippen LogP contribution in [0.3, 0.4) is 0 Å². The summed E-state index contributed by atoms with van der Waals surface area (Å²) in [7, 11) is 0. The maximum absolute atomic E-state index is 11.9. The van der Waals surface area contributed by atoms with Crippen LogP contribution in [0, 0.1) is 11.8 Å². The van der Waals surface area contributed by atoms with Crippen LogP contribution in [0.4, 0.5) is 4.79 Å². The number of carbonyl (C=O) groups is 1. The van der Waals surface area contributed by atoms with Gasteiger partial charge in [-0.25, -0.2) is 4.79 Å². The molecular formula is C15H30N2O2. The van der Waals surface area contributed by atoms with Gasteiger partial charge in [-0.1, -0.05) is 13.8 Å². The lowest BCUT2D eigenvalue weighted by atomic mass is 10.1. The zero-order valence-corrected chi connectivity index (χ0v) is 13.2. The van der Waals surface area contributed by atoms with Gasteiger partial charge in [0.15, 0.2) is 0 Å². The first-order valence-electron chi connectivity index (χ1n) is 7.46. The second-order valence-corrected chi connectivity index (χ2v) is 6.97. The number of likely N-dealkylation sites (tertiary alicyclic amines) is 1. The molecule has 4 nitrogen and oxygen atoms in total. The number of ether oxygens (including phenoxy) is 1. The molecule has 0 aromatic carbocycles. The van der Waals surface area contributed by atoms with Gasteiger partial charge >= 0.3 is 6.09 Å². The van der Waals surface area contributed by atoms with Crippen molar-refractivity contribution in [3.8, 4) is 0 Å². The molecule has 1 fully saturated rings. The summed E-state index contributed by atoms with van der Waals surface area (Å²) in [6, 6.07) is 0. The minimum absolute atomic E-state index is 0.162. The summed E-state index contributed by atoms with van der Waals surface area (Å²) < 4.78 is 5.40. The number of nitrogens with zero attached hydrogens (tertiary/aromatic N) is 1. The molecule has 1 amide bonds. The molecule has 0 radical (unpaired) electrons. The van der Waals surface area contributed by atoms with Gasteiger partial charge in [-0.3, -0.25) is 0 Å². The Balaban J connectivity index is 2.20. The Labute approximate surface area is 117 Å². The van der Waals surface area contributed by atoms with Crippen molar-refractivity contribution in [3.05, 3.63) is 0 Å². The van der Waals surface area contributed by atoms with Gasteiger partial charge in [0, 0.05) is 13.1 Å². The third-order valence-corrected chi connectivity index (χ3v) is 3.22. The molecule has 0 spiro atoms. The van der Waals surface area contributed by atoms with Crippen molar-refractivity contribution in [2.75, 3.05) is 26.2 Å². The van der Waals surface area contributed by atoms with Gasteiger partial charge in [0.1, 0.15) is 5.60 Å². The summed E-state index contributed by atoms with van der Waals surface area (Å²) in [6.45, 7) is 14.0. The lowest BCUT2D eigenvalue weighted by Crippen LogP contribution is -2.35. The predicted octanol–water partition coefficient (Wildman–Crippen LogP) is 2.88. The van der Waals surface area contributed by atoms with Gasteiger partial charge in [0.05, 0.1) is 0 Å². The summed E-state index contributed by atoms with van der Waals surface area (Å²) in [4.78, 5) is 13.8. The zero-order chi connectivity index (χ0) is 14.5. The quantitative estimate of drug-likeness (QED) is 0.781. The molecule has 0 aromatic heterocycles. The van der Waals surface area contributed by atoms with E-state index in [9.17, 15) is 4.79 Å². The van der Waals surface area contributed by atoms with E-state index in [0.29, 0.717) is 11.8 Å². The van der Waals surface area contributed by atoms with Crippen LogP contribution in [-0.4, -0.2) is 42.8 Å². The third-order valence-electron chi connectivity index (χ3n) is 3.22. The summed E-state index contributed by atoms with van der Waals surface area (Å²) in [5, 5.41) is 3.46. The van der Waals surface area contributed by atoms with Crippen molar-refractivity contribution < 1.29 is 9.53 Å². The maximum atomic E-state index is 11.9. The minimum atomic E-state index is -0.395. The van der Waals surface area contributed by atoms with Crippen molar-refractivity contribution in [2.24, 2.45) is 11.8 Å². The average molecular weight is 270 g/mol. The fourth-order valence-electron chi connectivity index (χ4n) is 2.26. The first-order chi connectivity index (χ1) is 8.78. The van der Waals surface area contributed by atoms with Crippen molar-refractivity contribution in [3.63, 3.8) is 0 Å². The topological polar surface area (TPSA) is 41.6 Å². The molecule has 1 unspecified atom stereocenters. The van der Waals surface area contributed by atoms with E-state index in [-0.39, 0.29) is 6.09 Å². The Hall–Kier alpha value is -0.770. The van der Waals surface area contributed by atoms with E-state index in [0.717, 1.165) is 39.0 Å². The number of amides is 1. The number of rotatable bonds is 5. The fourth-order valence-corrected chi connectivity index (χ4v) is 2.26. The Morgan fingerprint density at radius 2 is 2.11 bits per heavy atom. The van der Waals surface area contributed by atoms with Crippen LogP contribution >= 0.6 is 0 Å². The number of nitrogens with one attached hydrogen (secondary N) is 1. The van der Waals surface area contributed by atoms with E-state index in [1.165, 1.54) is 0 Å². The predicted molar refractivity (Wildman–Crippen MR) is 78.2 cm³/mol. The summed E-state index contributed by atoms with van der Waals surface area (Å²) in [6.07, 6.45) is 2.08. The lowest BCUT2D eigenvalue weighted by molar-refractivity contribution is 0.0287. The van der Waals surface area contributed by atoms with Crippen molar-refractivity contribution >= 4 is 6.09 Å². The van der Waals surface area contributed by atoms with E-state index in [2.05, 4.69) is 19.2 Å². The molecule has 1 heterocycles. The lowest BCUT2D eigenvalue weighted by Gasteiger charge is -2.24. The molecule has 19 heavy (non-hydrogen) atoms. The first kappa shape index (κ1) is 16.3. The fraction of sp³-hybridized carbons (Fsp3) is 0.933. The summed E-state index contributed by atoms with van der Waals surface area (Å²) >= 11 is 0. The highest BCUT2D eigenvalue weighted by molar-refractivity contribution is 5.68. The smallest absolute Gasteiger partial charge is 0.410 e. The number of carbonyl (C=O) groups excluding carboxylic acids is 1. The molecule has 1 atom stereocenters.